The molecule has 0 fully saturated rings. The number of carbonyl (C=O) groups excluding carboxylic acids is 1. The summed E-state index contributed by atoms with van der Waals surface area (Å²) in [5.74, 6) is 0.309. The molecule has 0 bridgehead atoms. The van der Waals surface area contributed by atoms with Crippen molar-refractivity contribution < 1.29 is 4.79 Å². The van der Waals surface area contributed by atoms with Crippen LogP contribution in [0, 0.1) is 0 Å². The average Bonchev–Trinajstić information content (AvgIpc) is 2.47. The molecule has 1 nitrogen and oxygen atoms in total. The average molecular weight is 246 g/mol. The fraction of sp³-hybridized carbons (Fsp3) is 0.167. The third kappa shape index (κ3) is 1.45. The quantitative estimate of drug-likeness (QED) is 0.533. The number of Topliss-reactive ketones (excluding diaryl/α,β-unsaturated/α-hetero) is 1. The molecule has 0 saturated carbocycles. The summed E-state index contributed by atoms with van der Waals surface area (Å²) in [6, 6.07) is 16.7. The van der Waals surface area contributed by atoms with Crippen LogP contribution in [0.3, 0.4) is 0 Å². The van der Waals surface area contributed by atoms with Gasteiger partial charge in [0, 0.05) is 12.0 Å². The predicted octanol–water partition coefficient (Wildman–Crippen LogP) is 4.51. The number of hydrogen-bond donors (Lipinski definition) is 0. The van der Waals surface area contributed by atoms with Crippen molar-refractivity contribution in [2.24, 2.45) is 0 Å². The van der Waals surface area contributed by atoms with Crippen molar-refractivity contribution in [1.29, 1.82) is 0 Å². The van der Waals surface area contributed by atoms with E-state index in [1.54, 1.807) is 0 Å². The monoisotopic (exact) mass is 246 g/mol. The second kappa shape index (κ2) is 3.92. The molecule has 0 amide bonds. The lowest BCUT2D eigenvalue weighted by Crippen LogP contribution is -2.12. The Morgan fingerprint density at radius 2 is 1.26 bits per heavy atom. The molecule has 0 unspecified atom stereocenters. The van der Waals surface area contributed by atoms with Gasteiger partial charge in [-0.1, -0.05) is 48.5 Å². The van der Waals surface area contributed by atoms with E-state index in [1.165, 1.54) is 21.7 Å². The number of rotatable bonds is 0. The van der Waals surface area contributed by atoms with Crippen LogP contribution >= 0.6 is 0 Å². The Bertz CT molecular complexity index is 814. The number of carbonyl (C=O) groups is 1. The fourth-order valence-electron chi connectivity index (χ4n) is 3.34. The van der Waals surface area contributed by atoms with Crippen molar-refractivity contribution in [3.05, 3.63) is 59.7 Å². The second-order valence-electron chi connectivity index (χ2n) is 5.22. The molecule has 0 spiro atoms. The third-order valence-corrected chi connectivity index (χ3v) is 4.15. The molecule has 1 heteroatoms. The second-order valence-corrected chi connectivity index (χ2v) is 5.22. The van der Waals surface area contributed by atoms with Crippen LogP contribution in [0.4, 0.5) is 0 Å². The largest absolute Gasteiger partial charge is 0.294 e. The molecule has 0 atom stereocenters. The Kier molecular flexibility index (Phi) is 2.22. The van der Waals surface area contributed by atoms with E-state index >= 15 is 0 Å². The Hall–Kier alpha value is -2.15. The lowest BCUT2D eigenvalue weighted by Gasteiger charge is -2.20. The number of fused-ring (bicyclic) bond motifs is 6. The molecule has 1 aliphatic carbocycles. The van der Waals surface area contributed by atoms with Gasteiger partial charge in [-0.15, -0.1) is 0 Å². The highest BCUT2D eigenvalue weighted by molar-refractivity contribution is 6.20. The maximum absolute atomic E-state index is 12.3. The lowest BCUT2D eigenvalue weighted by molar-refractivity contribution is 0.0974. The van der Waals surface area contributed by atoms with Gasteiger partial charge in [0.05, 0.1) is 0 Å². The van der Waals surface area contributed by atoms with E-state index in [4.69, 9.17) is 0 Å². The van der Waals surface area contributed by atoms with Crippen LogP contribution in [0.15, 0.2) is 48.5 Å². The SMILES string of the molecule is O=C1CCCc2c1c1ccccc1c1ccccc21. The highest BCUT2D eigenvalue weighted by atomic mass is 16.1. The maximum atomic E-state index is 12.3. The predicted molar refractivity (Wildman–Crippen MR) is 78.7 cm³/mol. The molecule has 0 N–H and O–H groups in total. The van der Waals surface area contributed by atoms with Gasteiger partial charge in [-0.05, 0) is 39.9 Å². The van der Waals surface area contributed by atoms with E-state index in [0.29, 0.717) is 12.2 Å². The fourth-order valence-corrected chi connectivity index (χ4v) is 3.34. The summed E-state index contributed by atoms with van der Waals surface area (Å²) >= 11 is 0. The van der Waals surface area contributed by atoms with Crippen molar-refractivity contribution in [3.63, 3.8) is 0 Å². The summed E-state index contributed by atoms with van der Waals surface area (Å²) in [6.07, 6.45) is 2.69. The van der Waals surface area contributed by atoms with E-state index in [0.717, 1.165) is 23.8 Å². The third-order valence-electron chi connectivity index (χ3n) is 4.15. The summed E-state index contributed by atoms with van der Waals surface area (Å²) in [7, 11) is 0. The van der Waals surface area contributed by atoms with Crippen LogP contribution in [-0.4, -0.2) is 5.78 Å². The molecule has 0 heterocycles. The van der Waals surface area contributed by atoms with Gasteiger partial charge < -0.3 is 0 Å². The first-order chi connectivity index (χ1) is 9.36. The minimum absolute atomic E-state index is 0.309. The van der Waals surface area contributed by atoms with Crippen LogP contribution in [0.5, 0.6) is 0 Å². The number of ketones is 1. The zero-order valence-corrected chi connectivity index (χ0v) is 10.6. The number of hydrogen-bond acceptors (Lipinski definition) is 1. The van der Waals surface area contributed by atoms with E-state index in [1.807, 2.05) is 6.07 Å². The molecule has 4 rings (SSSR count). The van der Waals surface area contributed by atoms with Crippen LogP contribution < -0.4 is 0 Å². The first-order valence-corrected chi connectivity index (χ1v) is 6.82. The van der Waals surface area contributed by atoms with Crippen molar-refractivity contribution >= 4 is 27.3 Å². The highest BCUT2D eigenvalue weighted by Gasteiger charge is 2.22. The summed E-state index contributed by atoms with van der Waals surface area (Å²) in [5.41, 5.74) is 2.23. The van der Waals surface area contributed by atoms with Gasteiger partial charge in [0.2, 0.25) is 0 Å². The van der Waals surface area contributed by atoms with Crippen molar-refractivity contribution in [2.75, 3.05) is 0 Å². The molecule has 0 radical (unpaired) electrons. The highest BCUT2D eigenvalue weighted by Crippen LogP contribution is 2.36. The molecule has 3 aromatic rings. The van der Waals surface area contributed by atoms with Gasteiger partial charge in [0.1, 0.15) is 0 Å². The van der Waals surface area contributed by atoms with E-state index in [2.05, 4.69) is 42.5 Å². The minimum Gasteiger partial charge on any atom is -0.294 e. The van der Waals surface area contributed by atoms with Gasteiger partial charge in [0.25, 0.3) is 0 Å². The molecule has 0 aliphatic heterocycles. The standard InChI is InChI=1S/C18H14O/c19-17-11-5-10-16-14-7-2-1-6-12(14)13-8-3-4-9-15(13)18(16)17/h1-4,6-9H,5,10-11H2. The van der Waals surface area contributed by atoms with Gasteiger partial charge in [-0.3, -0.25) is 4.79 Å². The number of aryl methyl sites for hydroxylation is 1. The van der Waals surface area contributed by atoms with Gasteiger partial charge >= 0.3 is 0 Å². The molecular formula is C18H14O. The zero-order chi connectivity index (χ0) is 12.8. The van der Waals surface area contributed by atoms with Crippen LogP contribution in [0.2, 0.25) is 0 Å². The van der Waals surface area contributed by atoms with Crippen LogP contribution in [0.25, 0.3) is 21.5 Å². The Balaban J connectivity index is 2.31. The first-order valence-electron chi connectivity index (χ1n) is 6.82. The van der Waals surface area contributed by atoms with Crippen LogP contribution in [0.1, 0.15) is 28.8 Å². The molecule has 3 aromatic carbocycles. The summed E-state index contributed by atoms with van der Waals surface area (Å²) < 4.78 is 0. The van der Waals surface area contributed by atoms with Crippen molar-refractivity contribution in [1.82, 2.24) is 0 Å². The Labute approximate surface area is 111 Å². The Morgan fingerprint density at radius 3 is 2.00 bits per heavy atom. The molecule has 0 aromatic heterocycles. The van der Waals surface area contributed by atoms with Gasteiger partial charge in [-0.25, -0.2) is 0 Å². The summed E-state index contributed by atoms with van der Waals surface area (Å²) in [4.78, 5) is 12.3. The molecular weight excluding hydrogens is 232 g/mol. The lowest BCUT2D eigenvalue weighted by atomic mass is 9.83. The van der Waals surface area contributed by atoms with Gasteiger partial charge in [-0.2, -0.15) is 0 Å². The molecule has 0 saturated heterocycles. The van der Waals surface area contributed by atoms with Crippen LogP contribution in [-0.2, 0) is 6.42 Å². The molecule has 19 heavy (non-hydrogen) atoms. The summed E-state index contributed by atoms with van der Waals surface area (Å²) in [5, 5.41) is 4.85. The topological polar surface area (TPSA) is 17.1 Å². The van der Waals surface area contributed by atoms with Crippen molar-refractivity contribution in [2.45, 2.75) is 19.3 Å². The maximum Gasteiger partial charge on any atom is 0.163 e. The van der Waals surface area contributed by atoms with E-state index < -0.39 is 0 Å². The van der Waals surface area contributed by atoms with Gasteiger partial charge in [0.15, 0.2) is 5.78 Å². The normalized spacial score (nSPS) is 14.8. The molecule has 92 valence electrons. The zero-order valence-electron chi connectivity index (χ0n) is 10.6. The molecule has 1 aliphatic rings. The summed E-state index contributed by atoms with van der Waals surface area (Å²) in [6.45, 7) is 0. The Morgan fingerprint density at radius 1 is 0.684 bits per heavy atom. The van der Waals surface area contributed by atoms with Crippen molar-refractivity contribution in [3.8, 4) is 0 Å². The van der Waals surface area contributed by atoms with E-state index in [9.17, 15) is 4.79 Å². The smallest absolute Gasteiger partial charge is 0.163 e. The minimum atomic E-state index is 0.309. The number of benzene rings is 3. The first kappa shape index (κ1) is 10.7. The van der Waals surface area contributed by atoms with E-state index in [-0.39, 0.29) is 0 Å².